The number of sulfonamides is 1. The van der Waals surface area contributed by atoms with Gasteiger partial charge in [0, 0.05) is 12.6 Å². The zero-order valence-corrected chi connectivity index (χ0v) is 11.8. The summed E-state index contributed by atoms with van der Waals surface area (Å²) in [6, 6.07) is 3.90. The zero-order valence-electron chi connectivity index (χ0n) is 11.0. The van der Waals surface area contributed by atoms with Gasteiger partial charge in [-0.1, -0.05) is 19.4 Å². The molecule has 1 fully saturated rings. The predicted molar refractivity (Wildman–Crippen MR) is 72.6 cm³/mol. The molecule has 1 aliphatic rings. The largest absolute Gasteiger partial charge is 0.395 e. The summed E-state index contributed by atoms with van der Waals surface area (Å²) in [6.45, 7) is 2.45. The van der Waals surface area contributed by atoms with Crippen LogP contribution < -0.4 is 5.73 Å². The Labute approximate surface area is 113 Å². The summed E-state index contributed by atoms with van der Waals surface area (Å²) in [7, 11) is -3.71. The number of para-hydroxylation sites is 1. The number of hydrogen-bond acceptors (Lipinski definition) is 3. The second-order valence-electron chi connectivity index (χ2n) is 4.83. The van der Waals surface area contributed by atoms with Gasteiger partial charge in [-0.05, 0) is 31.4 Å². The standard InChI is InChI=1S/C13H19FN2O2S/c1-2-10-6-3-4-9-16(10)19(17,18)12-8-5-7-11(14)13(12)15/h5,7-8,10H,2-4,6,9,15H2,1H3. The predicted octanol–water partition coefficient (Wildman–Crippen LogP) is 2.36. The second kappa shape index (κ2) is 5.46. The van der Waals surface area contributed by atoms with E-state index in [-0.39, 0.29) is 16.6 Å². The molecule has 0 aromatic heterocycles. The minimum atomic E-state index is -3.71. The number of hydrogen-bond donors (Lipinski definition) is 1. The molecule has 1 aromatic rings. The summed E-state index contributed by atoms with van der Waals surface area (Å²) in [4.78, 5) is -0.118. The Balaban J connectivity index is 2.44. The average Bonchev–Trinajstić information content (AvgIpc) is 2.41. The molecule has 1 aliphatic heterocycles. The maximum Gasteiger partial charge on any atom is 0.245 e. The molecule has 2 rings (SSSR count). The second-order valence-corrected chi connectivity index (χ2v) is 6.68. The summed E-state index contributed by atoms with van der Waals surface area (Å²) >= 11 is 0. The van der Waals surface area contributed by atoms with Crippen LogP contribution in [-0.4, -0.2) is 25.3 Å². The van der Waals surface area contributed by atoms with E-state index in [2.05, 4.69) is 0 Å². The SMILES string of the molecule is CCC1CCCCN1S(=O)(=O)c1cccc(F)c1N. The van der Waals surface area contributed by atoms with E-state index in [9.17, 15) is 12.8 Å². The topological polar surface area (TPSA) is 63.4 Å². The van der Waals surface area contributed by atoms with Crippen LogP contribution in [-0.2, 0) is 10.0 Å². The molecule has 1 atom stereocenters. The van der Waals surface area contributed by atoms with Gasteiger partial charge >= 0.3 is 0 Å². The highest BCUT2D eigenvalue weighted by atomic mass is 32.2. The Hall–Kier alpha value is -1.14. The van der Waals surface area contributed by atoms with Crippen molar-refractivity contribution in [2.75, 3.05) is 12.3 Å². The first-order valence-corrected chi connectivity index (χ1v) is 7.98. The van der Waals surface area contributed by atoms with Gasteiger partial charge in [-0.2, -0.15) is 4.31 Å². The normalized spacial score (nSPS) is 21.5. The molecule has 1 unspecified atom stereocenters. The molecule has 0 aliphatic carbocycles. The van der Waals surface area contributed by atoms with Crippen LogP contribution in [0.25, 0.3) is 0 Å². The zero-order chi connectivity index (χ0) is 14.0. The molecule has 19 heavy (non-hydrogen) atoms. The highest BCUT2D eigenvalue weighted by molar-refractivity contribution is 7.89. The quantitative estimate of drug-likeness (QED) is 0.868. The minimum absolute atomic E-state index is 0.0126. The number of nitrogens with zero attached hydrogens (tertiary/aromatic N) is 1. The smallest absolute Gasteiger partial charge is 0.245 e. The lowest BCUT2D eigenvalue weighted by Crippen LogP contribution is -2.43. The number of halogens is 1. The van der Waals surface area contributed by atoms with Crippen molar-refractivity contribution >= 4 is 15.7 Å². The van der Waals surface area contributed by atoms with E-state index < -0.39 is 15.8 Å². The van der Waals surface area contributed by atoms with Crippen molar-refractivity contribution in [2.24, 2.45) is 0 Å². The molecule has 2 N–H and O–H groups in total. The van der Waals surface area contributed by atoms with Gasteiger partial charge in [0.2, 0.25) is 10.0 Å². The van der Waals surface area contributed by atoms with Crippen molar-refractivity contribution < 1.29 is 12.8 Å². The summed E-state index contributed by atoms with van der Waals surface area (Å²) in [5.74, 6) is -0.689. The molecule has 4 nitrogen and oxygen atoms in total. The van der Waals surface area contributed by atoms with Crippen LogP contribution in [0, 0.1) is 5.82 Å². The minimum Gasteiger partial charge on any atom is -0.395 e. The van der Waals surface area contributed by atoms with Crippen LogP contribution in [0.15, 0.2) is 23.1 Å². The molecule has 1 aromatic carbocycles. The van der Waals surface area contributed by atoms with Crippen molar-refractivity contribution in [3.63, 3.8) is 0 Å². The Morgan fingerprint density at radius 3 is 2.84 bits per heavy atom. The number of nitrogens with two attached hydrogens (primary N) is 1. The molecular formula is C13H19FN2O2S. The maximum absolute atomic E-state index is 13.4. The number of benzene rings is 1. The number of piperidine rings is 1. The summed E-state index contributed by atoms with van der Waals surface area (Å²) in [6.07, 6.45) is 3.48. The van der Waals surface area contributed by atoms with Gasteiger partial charge < -0.3 is 5.73 Å². The third-order valence-electron chi connectivity index (χ3n) is 3.64. The molecular weight excluding hydrogens is 267 g/mol. The monoisotopic (exact) mass is 286 g/mol. The van der Waals surface area contributed by atoms with E-state index in [1.54, 1.807) is 0 Å². The first-order valence-electron chi connectivity index (χ1n) is 6.54. The van der Waals surface area contributed by atoms with Crippen LogP contribution in [0.2, 0.25) is 0 Å². The van der Waals surface area contributed by atoms with Crippen molar-refractivity contribution in [1.82, 2.24) is 4.31 Å². The lowest BCUT2D eigenvalue weighted by atomic mass is 10.0. The van der Waals surface area contributed by atoms with E-state index in [1.807, 2.05) is 6.92 Å². The fraction of sp³-hybridized carbons (Fsp3) is 0.538. The highest BCUT2D eigenvalue weighted by Crippen LogP contribution is 2.30. The van der Waals surface area contributed by atoms with Crippen LogP contribution in [0.5, 0.6) is 0 Å². The summed E-state index contributed by atoms with van der Waals surface area (Å²) in [5, 5.41) is 0. The van der Waals surface area contributed by atoms with E-state index in [1.165, 1.54) is 22.5 Å². The molecule has 1 heterocycles. The Bertz CT molecular complexity index is 560. The maximum atomic E-state index is 13.4. The lowest BCUT2D eigenvalue weighted by molar-refractivity contribution is 0.246. The van der Waals surface area contributed by atoms with Gasteiger partial charge in [0.05, 0.1) is 5.69 Å². The first-order chi connectivity index (χ1) is 8.98. The summed E-state index contributed by atoms with van der Waals surface area (Å²) < 4.78 is 40.1. The molecule has 0 bridgehead atoms. The van der Waals surface area contributed by atoms with Crippen LogP contribution in [0.3, 0.4) is 0 Å². The van der Waals surface area contributed by atoms with Crippen LogP contribution in [0.1, 0.15) is 32.6 Å². The molecule has 0 saturated carbocycles. The molecule has 0 amide bonds. The van der Waals surface area contributed by atoms with Crippen molar-refractivity contribution in [2.45, 2.75) is 43.5 Å². The lowest BCUT2D eigenvalue weighted by Gasteiger charge is -2.34. The third kappa shape index (κ3) is 2.60. The van der Waals surface area contributed by atoms with Crippen molar-refractivity contribution in [3.05, 3.63) is 24.0 Å². The van der Waals surface area contributed by atoms with Crippen LogP contribution >= 0.6 is 0 Å². The van der Waals surface area contributed by atoms with E-state index in [0.717, 1.165) is 25.7 Å². The van der Waals surface area contributed by atoms with Gasteiger partial charge in [0.15, 0.2) is 0 Å². The van der Waals surface area contributed by atoms with Gasteiger partial charge in [-0.3, -0.25) is 0 Å². The Kier molecular flexibility index (Phi) is 4.10. The van der Waals surface area contributed by atoms with E-state index in [0.29, 0.717) is 6.54 Å². The molecule has 0 spiro atoms. The highest BCUT2D eigenvalue weighted by Gasteiger charge is 2.34. The van der Waals surface area contributed by atoms with Crippen molar-refractivity contribution in [1.29, 1.82) is 0 Å². The fourth-order valence-corrected chi connectivity index (χ4v) is 4.46. The van der Waals surface area contributed by atoms with E-state index in [4.69, 9.17) is 5.73 Å². The molecule has 106 valence electrons. The van der Waals surface area contributed by atoms with Crippen molar-refractivity contribution in [3.8, 4) is 0 Å². The van der Waals surface area contributed by atoms with E-state index >= 15 is 0 Å². The summed E-state index contributed by atoms with van der Waals surface area (Å²) in [5.41, 5.74) is 5.29. The van der Waals surface area contributed by atoms with Gasteiger partial charge in [0.25, 0.3) is 0 Å². The Morgan fingerprint density at radius 1 is 1.42 bits per heavy atom. The Morgan fingerprint density at radius 2 is 2.16 bits per heavy atom. The van der Waals surface area contributed by atoms with Gasteiger partial charge in [-0.15, -0.1) is 0 Å². The van der Waals surface area contributed by atoms with Gasteiger partial charge in [0.1, 0.15) is 10.7 Å². The number of nitrogen functional groups attached to an aromatic ring is 1. The number of rotatable bonds is 3. The fourth-order valence-electron chi connectivity index (χ4n) is 2.57. The molecule has 0 radical (unpaired) electrons. The third-order valence-corrected chi connectivity index (χ3v) is 5.65. The number of anilines is 1. The first kappa shape index (κ1) is 14.3. The average molecular weight is 286 g/mol. The molecule has 1 saturated heterocycles. The molecule has 6 heteroatoms. The van der Waals surface area contributed by atoms with Crippen LogP contribution in [0.4, 0.5) is 10.1 Å². The van der Waals surface area contributed by atoms with Gasteiger partial charge in [-0.25, -0.2) is 12.8 Å².